The maximum Gasteiger partial charge on any atom is 0.357 e. The minimum atomic E-state index is -0.533. The minimum absolute atomic E-state index is 0.223. The van der Waals surface area contributed by atoms with Crippen LogP contribution in [0.1, 0.15) is 31.3 Å². The van der Waals surface area contributed by atoms with Crippen LogP contribution in [0.4, 0.5) is 0 Å². The molecular formula is C11H14BrNO3. The van der Waals surface area contributed by atoms with Crippen molar-refractivity contribution in [3.63, 3.8) is 0 Å². The lowest BCUT2D eigenvalue weighted by molar-refractivity contribution is 0.00622. The summed E-state index contributed by atoms with van der Waals surface area (Å²) in [4.78, 5) is 15.7. The topological polar surface area (TPSA) is 48.4 Å². The second-order valence-electron chi connectivity index (χ2n) is 4.22. The summed E-state index contributed by atoms with van der Waals surface area (Å²) in [6.45, 7) is 5.42. The zero-order valence-corrected chi connectivity index (χ0v) is 11.3. The van der Waals surface area contributed by atoms with Gasteiger partial charge in [-0.1, -0.05) is 0 Å². The average molecular weight is 288 g/mol. The Labute approximate surface area is 103 Å². The Bertz CT molecular complexity index is 399. The van der Waals surface area contributed by atoms with Gasteiger partial charge in [-0.25, -0.2) is 9.78 Å². The largest absolute Gasteiger partial charge is 0.497 e. The van der Waals surface area contributed by atoms with E-state index in [1.165, 1.54) is 7.11 Å². The molecule has 1 rings (SSSR count). The molecule has 0 amide bonds. The molecule has 0 saturated heterocycles. The number of methoxy groups -OCH3 is 1. The summed E-state index contributed by atoms with van der Waals surface area (Å²) in [5.74, 6) is 0.0924. The average Bonchev–Trinajstić information content (AvgIpc) is 2.14. The molecule has 0 unspecified atom stereocenters. The maximum absolute atomic E-state index is 11.7. The number of hydrogen-bond donors (Lipinski definition) is 0. The molecule has 1 aromatic heterocycles. The van der Waals surface area contributed by atoms with Crippen LogP contribution in [0.15, 0.2) is 16.7 Å². The second-order valence-corrected chi connectivity index (χ2v) is 5.03. The summed E-state index contributed by atoms with van der Waals surface area (Å²) < 4.78 is 10.8. The van der Waals surface area contributed by atoms with Crippen LogP contribution < -0.4 is 4.74 Å². The van der Waals surface area contributed by atoms with Crippen molar-refractivity contribution in [2.75, 3.05) is 7.11 Å². The molecule has 16 heavy (non-hydrogen) atoms. The Balaban J connectivity index is 2.95. The van der Waals surface area contributed by atoms with Gasteiger partial charge in [-0.15, -0.1) is 0 Å². The van der Waals surface area contributed by atoms with Crippen molar-refractivity contribution in [1.29, 1.82) is 0 Å². The first-order valence-corrected chi connectivity index (χ1v) is 5.56. The van der Waals surface area contributed by atoms with E-state index in [1.807, 2.05) is 0 Å². The Kier molecular flexibility index (Phi) is 3.91. The van der Waals surface area contributed by atoms with E-state index in [4.69, 9.17) is 9.47 Å². The zero-order valence-electron chi connectivity index (χ0n) is 9.70. The van der Waals surface area contributed by atoms with Gasteiger partial charge in [0, 0.05) is 12.1 Å². The second kappa shape index (κ2) is 4.82. The lowest BCUT2D eigenvalue weighted by Crippen LogP contribution is -2.24. The van der Waals surface area contributed by atoms with E-state index in [-0.39, 0.29) is 5.69 Å². The van der Waals surface area contributed by atoms with Crippen LogP contribution in [-0.4, -0.2) is 23.7 Å². The van der Waals surface area contributed by atoms with Crippen LogP contribution in [0.2, 0.25) is 0 Å². The number of halogens is 1. The van der Waals surface area contributed by atoms with Crippen LogP contribution in [0, 0.1) is 0 Å². The number of aromatic nitrogens is 1. The smallest absolute Gasteiger partial charge is 0.357 e. The van der Waals surface area contributed by atoms with E-state index in [0.717, 1.165) is 0 Å². The van der Waals surface area contributed by atoms with Gasteiger partial charge in [-0.3, -0.25) is 0 Å². The Morgan fingerprint density at radius 3 is 2.50 bits per heavy atom. The van der Waals surface area contributed by atoms with Crippen LogP contribution in [0.3, 0.4) is 0 Å². The van der Waals surface area contributed by atoms with Gasteiger partial charge in [-0.2, -0.15) is 0 Å². The summed E-state index contributed by atoms with van der Waals surface area (Å²) in [5.41, 5.74) is -0.310. The van der Waals surface area contributed by atoms with E-state index < -0.39 is 11.6 Å². The molecule has 0 N–H and O–H groups in total. The lowest BCUT2D eigenvalue weighted by Gasteiger charge is -2.19. The lowest BCUT2D eigenvalue weighted by atomic mass is 10.2. The fraction of sp³-hybridized carbons (Fsp3) is 0.455. The van der Waals surface area contributed by atoms with Crippen molar-refractivity contribution in [2.45, 2.75) is 26.4 Å². The van der Waals surface area contributed by atoms with Crippen molar-refractivity contribution >= 4 is 21.9 Å². The van der Waals surface area contributed by atoms with Crippen LogP contribution in [0.25, 0.3) is 0 Å². The molecule has 0 atom stereocenters. The van der Waals surface area contributed by atoms with E-state index in [0.29, 0.717) is 10.4 Å². The fourth-order valence-electron chi connectivity index (χ4n) is 1.03. The first-order chi connectivity index (χ1) is 7.31. The van der Waals surface area contributed by atoms with Crippen LogP contribution in [0.5, 0.6) is 5.75 Å². The van der Waals surface area contributed by atoms with E-state index in [2.05, 4.69) is 20.9 Å². The maximum atomic E-state index is 11.7. The Morgan fingerprint density at radius 1 is 1.38 bits per heavy atom. The third kappa shape index (κ3) is 3.81. The van der Waals surface area contributed by atoms with Crippen LogP contribution in [-0.2, 0) is 4.74 Å². The van der Waals surface area contributed by atoms with Gasteiger partial charge in [0.15, 0.2) is 5.69 Å². The third-order valence-electron chi connectivity index (χ3n) is 1.61. The van der Waals surface area contributed by atoms with Crippen molar-refractivity contribution in [2.24, 2.45) is 0 Å². The third-order valence-corrected chi connectivity index (χ3v) is 2.02. The Hall–Kier alpha value is -1.10. The molecule has 0 aromatic carbocycles. The highest BCUT2D eigenvalue weighted by Gasteiger charge is 2.19. The molecule has 88 valence electrons. The van der Waals surface area contributed by atoms with Gasteiger partial charge in [0.2, 0.25) is 0 Å². The molecule has 5 heteroatoms. The summed E-state index contributed by atoms with van der Waals surface area (Å²) in [6, 6.07) is 3.21. The van der Waals surface area contributed by atoms with Crippen LogP contribution >= 0.6 is 15.9 Å². The Morgan fingerprint density at radius 2 is 2.00 bits per heavy atom. The molecule has 0 fully saturated rings. The molecule has 0 aliphatic heterocycles. The number of carbonyl (C=O) groups is 1. The number of carbonyl (C=O) groups excluding carboxylic acids is 1. The molecule has 4 nitrogen and oxygen atoms in total. The predicted octanol–water partition coefficient (Wildman–Crippen LogP) is 2.81. The number of hydrogen-bond acceptors (Lipinski definition) is 4. The normalized spacial score (nSPS) is 11.1. The first kappa shape index (κ1) is 13.0. The summed E-state index contributed by atoms with van der Waals surface area (Å²) in [7, 11) is 1.53. The van der Waals surface area contributed by atoms with Gasteiger partial charge in [0.1, 0.15) is 16.0 Å². The number of pyridine rings is 1. The molecule has 0 spiro atoms. The summed E-state index contributed by atoms with van der Waals surface area (Å²) >= 11 is 3.20. The highest BCUT2D eigenvalue weighted by Crippen LogP contribution is 2.19. The number of rotatable bonds is 2. The molecule has 1 aromatic rings. The molecule has 0 radical (unpaired) electrons. The van der Waals surface area contributed by atoms with Crippen molar-refractivity contribution in [1.82, 2.24) is 4.98 Å². The molecule has 0 aliphatic rings. The highest BCUT2D eigenvalue weighted by molar-refractivity contribution is 9.10. The highest BCUT2D eigenvalue weighted by atomic mass is 79.9. The minimum Gasteiger partial charge on any atom is -0.497 e. The fourth-order valence-corrected chi connectivity index (χ4v) is 1.44. The number of ether oxygens (including phenoxy) is 2. The quantitative estimate of drug-likeness (QED) is 0.620. The molecule has 0 saturated carbocycles. The van der Waals surface area contributed by atoms with Gasteiger partial charge in [0.25, 0.3) is 0 Å². The predicted molar refractivity (Wildman–Crippen MR) is 63.7 cm³/mol. The standard InChI is InChI=1S/C11H14BrNO3/c1-11(2,3)16-10(14)8-5-7(15-4)6-9(12)13-8/h5-6H,1-4H3. The van der Waals surface area contributed by atoms with Gasteiger partial charge >= 0.3 is 5.97 Å². The molecule has 1 heterocycles. The summed E-state index contributed by atoms with van der Waals surface area (Å²) in [6.07, 6.45) is 0. The van der Waals surface area contributed by atoms with E-state index >= 15 is 0 Å². The molecular weight excluding hydrogens is 274 g/mol. The zero-order chi connectivity index (χ0) is 12.3. The number of nitrogens with zero attached hydrogens (tertiary/aromatic N) is 1. The van der Waals surface area contributed by atoms with Gasteiger partial charge in [0.05, 0.1) is 7.11 Å². The first-order valence-electron chi connectivity index (χ1n) is 4.77. The van der Waals surface area contributed by atoms with Crippen molar-refractivity contribution in [3.8, 4) is 5.75 Å². The van der Waals surface area contributed by atoms with E-state index in [1.54, 1.807) is 32.9 Å². The van der Waals surface area contributed by atoms with E-state index in [9.17, 15) is 4.79 Å². The number of esters is 1. The monoisotopic (exact) mass is 287 g/mol. The molecule has 0 bridgehead atoms. The van der Waals surface area contributed by atoms with Gasteiger partial charge in [-0.05, 0) is 36.7 Å². The van der Waals surface area contributed by atoms with Crippen molar-refractivity contribution < 1.29 is 14.3 Å². The molecule has 0 aliphatic carbocycles. The SMILES string of the molecule is COc1cc(Br)nc(C(=O)OC(C)(C)C)c1. The summed E-state index contributed by atoms with van der Waals surface area (Å²) in [5, 5.41) is 0. The van der Waals surface area contributed by atoms with Gasteiger partial charge < -0.3 is 9.47 Å². The van der Waals surface area contributed by atoms with Crippen molar-refractivity contribution in [3.05, 3.63) is 22.4 Å².